The fourth-order valence-corrected chi connectivity index (χ4v) is 2.10. The highest BCUT2D eigenvalue weighted by Gasteiger charge is 2.21. The SMILES string of the molecule is O=C(O)c1cc(C(=O)O)c2c(C(=O)O)cc(C(=O)O)cc2c1. The lowest BCUT2D eigenvalue weighted by Gasteiger charge is -2.09. The van der Waals surface area contributed by atoms with Crippen LogP contribution in [0.5, 0.6) is 0 Å². The van der Waals surface area contributed by atoms with E-state index in [2.05, 4.69) is 0 Å². The number of carboxylic acid groups (broad SMARTS) is 4. The van der Waals surface area contributed by atoms with Crippen LogP contribution in [0.2, 0.25) is 0 Å². The topological polar surface area (TPSA) is 149 Å². The van der Waals surface area contributed by atoms with Crippen molar-refractivity contribution in [3.8, 4) is 0 Å². The average Bonchev–Trinajstić information content (AvgIpc) is 2.43. The van der Waals surface area contributed by atoms with Crippen molar-refractivity contribution in [2.45, 2.75) is 0 Å². The summed E-state index contributed by atoms with van der Waals surface area (Å²) in [4.78, 5) is 44.6. The molecule has 0 heterocycles. The number of carbonyl (C=O) groups is 4. The van der Waals surface area contributed by atoms with Crippen molar-refractivity contribution in [1.29, 1.82) is 0 Å². The monoisotopic (exact) mass is 304 g/mol. The Balaban J connectivity index is 3.03. The zero-order valence-electron chi connectivity index (χ0n) is 10.7. The van der Waals surface area contributed by atoms with Crippen molar-refractivity contribution < 1.29 is 39.6 Å². The third kappa shape index (κ3) is 2.44. The molecule has 8 nitrogen and oxygen atoms in total. The Bertz CT molecular complexity index is 783. The maximum atomic E-state index is 11.3. The zero-order valence-corrected chi connectivity index (χ0v) is 10.7. The van der Waals surface area contributed by atoms with Gasteiger partial charge < -0.3 is 20.4 Å². The number of fused-ring (bicyclic) bond motifs is 1. The molecule has 0 amide bonds. The molecule has 2 aromatic carbocycles. The third-order valence-corrected chi connectivity index (χ3v) is 3.00. The summed E-state index contributed by atoms with van der Waals surface area (Å²) in [5.74, 6) is -5.86. The quantitative estimate of drug-likeness (QED) is 0.665. The van der Waals surface area contributed by atoms with E-state index in [1.807, 2.05) is 0 Å². The van der Waals surface area contributed by atoms with Gasteiger partial charge in [0.1, 0.15) is 0 Å². The molecule has 0 unspecified atom stereocenters. The second kappa shape index (κ2) is 5.17. The van der Waals surface area contributed by atoms with E-state index in [0.717, 1.165) is 24.3 Å². The highest BCUT2D eigenvalue weighted by Crippen LogP contribution is 2.27. The van der Waals surface area contributed by atoms with E-state index >= 15 is 0 Å². The van der Waals surface area contributed by atoms with Crippen molar-refractivity contribution in [1.82, 2.24) is 0 Å². The van der Waals surface area contributed by atoms with E-state index in [9.17, 15) is 29.4 Å². The third-order valence-electron chi connectivity index (χ3n) is 3.00. The molecule has 0 radical (unpaired) electrons. The first kappa shape index (κ1) is 15.0. The van der Waals surface area contributed by atoms with E-state index in [0.29, 0.717) is 0 Å². The van der Waals surface area contributed by atoms with Gasteiger partial charge in [-0.05, 0) is 29.7 Å². The fourth-order valence-electron chi connectivity index (χ4n) is 2.10. The van der Waals surface area contributed by atoms with Gasteiger partial charge in [0.25, 0.3) is 0 Å². The number of aromatic carboxylic acids is 4. The van der Waals surface area contributed by atoms with Gasteiger partial charge in [0.2, 0.25) is 0 Å². The number of carboxylic acids is 4. The number of rotatable bonds is 4. The Hall–Kier alpha value is -3.42. The predicted octanol–water partition coefficient (Wildman–Crippen LogP) is 1.63. The lowest BCUT2D eigenvalue weighted by Crippen LogP contribution is -2.09. The molecule has 0 aliphatic heterocycles. The Kier molecular flexibility index (Phi) is 3.52. The summed E-state index contributed by atoms with van der Waals surface area (Å²) in [6.45, 7) is 0. The van der Waals surface area contributed by atoms with E-state index in [1.54, 1.807) is 0 Å². The van der Waals surface area contributed by atoms with E-state index in [4.69, 9.17) is 10.2 Å². The molecule has 8 heteroatoms. The first-order valence-electron chi connectivity index (χ1n) is 5.77. The Morgan fingerprint density at radius 1 is 0.591 bits per heavy atom. The van der Waals surface area contributed by atoms with E-state index in [-0.39, 0.29) is 21.9 Å². The molecular formula is C14H8O8. The summed E-state index contributed by atoms with van der Waals surface area (Å²) in [5.41, 5.74) is -1.82. The summed E-state index contributed by atoms with van der Waals surface area (Å²) in [6.07, 6.45) is 0. The molecular weight excluding hydrogens is 296 g/mol. The lowest BCUT2D eigenvalue weighted by atomic mass is 9.94. The molecule has 0 aromatic heterocycles. The van der Waals surface area contributed by atoms with Crippen LogP contribution in [0.15, 0.2) is 24.3 Å². The van der Waals surface area contributed by atoms with Crippen molar-refractivity contribution in [2.24, 2.45) is 0 Å². The van der Waals surface area contributed by atoms with Crippen molar-refractivity contribution >= 4 is 34.6 Å². The van der Waals surface area contributed by atoms with Gasteiger partial charge in [-0.1, -0.05) is 0 Å². The first-order chi connectivity index (χ1) is 10.2. The van der Waals surface area contributed by atoms with Crippen LogP contribution in [0.4, 0.5) is 0 Å². The molecule has 0 saturated carbocycles. The van der Waals surface area contributed by atoms with Gasteiger partial charge in [-0.3, -0.25) is 0 Å². The van der Waals surface area contributed by atoms with Gasteiger partial charge in [0.15, 0.2) is 0 Å². The van der Waals surface area contributed by atoms with Gasteiger partial charge in [0, 0.05) is 5.39 Å². The van der Waals surface area contributed by atoms with Crippen LogP contribution >= 0.6 is 0 Å². The average molecular weight is 304 g/mol. The lowest BCUT2D eigenvalue weighted by molar-refractivity contribution is 0.0681. The van der Waals surface area contributed by atoms with Gasteiger partial charge in [-0.2, -0.15) is 0 Å². The highest BCUT2D eigenvalue weighted by molar-refractivity contribution is 6.15. The fraction of sp³-hybridized carbons (Fsp3) is 0. The molecule has 0 saturated heterocycles. The molecule has 22 heavy (non-hydrogen) atoms. The minimum Gasteiger partial charge on any atom is -0.478 e. The van der Waals surface area contributed by atoms with E-state index < -0.39 is 35.0 Å². The van der Waals surface area contributed by atoms with Crippen LogP contribution in [-0.4, -0.2) is 44.3 Å². The normalized spacial score (nSPS) is 10.4. The highest BCUT2D eigenvalue weighted by atomic mass is 16.4. The number of hydrogen-bond acceptors (Lipinski definition) is 4. The largest absolute Gasteiger partial charge is 0.478 e. The van der Waals surface area contributed by atoms with Crippen molar-refractivity contribution in [3.63, 3.8) is 0 Å². The molecule has 0 spiro atoms. The summed E-state index contributed by atoms with van der Waals surface area (Å²) in [6, 6.07) is 3.73. The van der Waals surface area contributed by atoms with Crippen LogP contribution in [0.3, 0.4) is 0 Å². The van der Waals surface area contributed by atoms with Crippen molar-refractivity contribution in [2.75, 3.05) is 0 Å². The molecule has 2 aromatic rings. The van der Waals surface area contributed by atoms with Crippen molar-refractivity contribution in [3.05, 3.63) is 46.5 Å². The van der Waals surface area contributed by atoms with Crippen LogP contribution in [-0.2, 0) is 0 Å². The second-order valence-electron chi connectivity index (χ2n) is 4.37. The van der Waals surface area contributed by atoms with Crippen LogP contribution in [0.25, 0.3) is 10.8 Å². The number of benzene rings is 2. The number of hydrogen-bond donors (Lipinski definition) is 4. The molecule has 2 rings (SSSR count). The first-order valence-corrected chi connectivity index (χ1v) is 5.77. The summed E-state index contributed by atoms with van der Waals surface area (Å²) >= 11 is 0. The van der Waals surface area contributed by atoms with Gasteiger partial charge >= 0.3 is 23.9 Å². The molecule has 0 fully saturated rings. The zero-order chi connectivity index (χ0) is 16.6. The van der Waals surface area contributed by atoms with Gasteiger partial charge in [-0.15, -0.1) is 0 Å². The van der Waals surface area contributed by atoms with E-state index in [1.165, 1.54) is 0 Å². The summed E-state index contributed by atoms with van der Waals surface area (Å²) in [7, 11) is 0. The van der Waals surface area contributed by atoms with Crippen LogP contribution in [0, 0.1) is 0 Å². The molecule has 4 N–H and O–H groups in total. The van der Waals surface area contributed by atoms with Gasteiger partial charge in [0.05, 0.1) is 22.3 Å². The Morgan fingerprint density at radius 3 is 1.23 bits per heavy atom. The molecule has 0 aliphatic carbocycles. The Morgan fingerprint density at radius 2 is 0.955 bits per heavy atom. The minimum absolute atomic E-state index is 0.0883. The maximum Gasteiger partial charge on any atom is 0.336 e. The molecule has 112 valence electrons. The summed E-state index contributed by atoms with van der Waals surface area (Å²) < 4.78 is 0. The van der Waals surface area contributed by atoms with Crippen LogP contribution < -0.4 is 0 Å². The Labute approximate surface area is 121 Å². The molecule has 0 bridgehead atoms. The standard InChI is InChI=1S/C14H8O8/c15-11(16)6-1-5-2-7(12(17)18)4-9(14(21)22)10(5)8(3-6)13(19)20/h1-4H,(H,15,16)(H,17,18)(H,19,20)(H,21,22). The van der Waals surface area contributed by atoms with Crippen LogP contribution in [0.1, 0.15) is 41.4 Å². The molecule has 0 aliphatic rings. The molecule has 0 atom stereocenters. The van der Waals surface area contributed by atoms with Gasteiger partial charge in [-0.25, -0.2) is 19.2 Å². The maximum absolute atomic E-state index is 11.3. The second-order valence-corrected chi connectivity index (χ2v) is 4.37. The minimum atomic E-state index is -1.52. The summed E-state index contributed by atoms with van der Waals surface area (Å²) in [5, 5.41) is 36.0. The smallest absolute Gasteiger partial charge is 0.336 e. The predicted molar refractivity (Wildman–Crippen MR) is 71.8 cm³/mol.